The van der Waals surface area contributed by atoms with E-state index in [9.17, 15) is 124 Å². The van der Waals surface area contributed by atoms with Crippen molar-refractivity contribution in [1.82, 2.24) is 84.2 Å². The van der Waals surface area contributed by atoms with Gasteiger partial charge in [0.25, 0.3) is 0 Å². The van der Waals surface area contributed by atoms with Gasteiger partial charge in [-0.25, -0.2) is 8.42 Å². The summed E-state index contributed by atoms with van der Waals surface area (Å²) in [6.45, 7) is -1.05. The number of benzene rings is 4. The van der Waals surface area contributed by atoms with Crippen molar-refractivity contribution in [3.8, 4) is 11.5 Å². The number of carbonyl (C=O) groups is 22. The van der Waals surface area contributed by atoms with Crippen LogP contribution in [-0.4, -0.2) is 317 Å². The van der Waals surface area contributed by atoms with E-state index in [1.54, 1.807) is 60.7 Å². The van der Waals surface area contributed by atoms with Gasteiger partial charge in [-0.15, -0.1) is 0 Å². The molecule has 0 aromatic heterocycles. The van der Waals surface area contributed by atoms with E-state index in [1.165, 1.54) is 48.5 Å². The molecule has 4 fully saturated rings. The van der Waals surface area contributed by atoms with Crippen molar-refractivity contribution in [2.45, 2.75) is 213 Å². The topological polar surface area (TPSA) is 910 Å². The highest BCUT2D eigenvalue weighted by Crippen LogP contribution is 2.26. The molecule has 0 saturated carbocycles. The van der Waals surface area contributed by atoms with Gasteiger partial charge in [-0.2, -0.15) is 0 Å². The molecule has 0 aliphatic carbocycles. The molecule has 150 heavy (non-hydrogen) atoms. The number of carbonyl (C=O) groups excluding carboxylic acids is 22. The number of hydrogen-bond acceptors (Lipinski definition) is 30. The van der Waals surface area contributed by atoms with Gasteiger partial charge in [0.15, 0.2) is 11.9 Å². The fourth-order valence-electron chi connectivity index (χ4n) is 15.7. The van der Waals surface area contributed by atoms with Crippen LogP contribution >= 0.6 is 21.6 Å². The van der Waals surface area contributed by atoms with E-state index in [2.05, 4.69) is 84.4 Å². The Morgan fingerprint density at radius 3 is 0.993 bits per heavy atom. The van der Waals surface area contributed by atoms with Crippen molar-refractivity contribution >= 4 is 183 Å². The van der Waals surface area contributed by atoms with Gasteiger partial charge < -0.3 is 152 Å². The summed E-state index contributed by atoms with van der Waals surface area (Å²) < 4.78 is 27.2. The monoisotopic (exact) mass is 2170 g/mol. The molecule has 0 bridgehead atoms. The van der Waals surface area contributed by atoms with Crippen LogP contribution in [0.2, 0.25) is 0 Å². The second-order valence-electron chi connectivity index (χ2n) is 35.1. The second-order valence-corrected chi connectivity index (χ2v) is 41.9. The predicted octanol–water partition coefficient (Wildman–Crippen LogP) is -10.7. The number of likely N-dealkylation sites (tertiary alicyclic amines) is 2. The Labute approximate surface area is 872 Å². The lowest BCUT2D eigenvalue weighted by molar-refractivity contribution is -0.142. The summed E-state index contributed by atoms with van der Waals surface area (Å²) in [7, 11) is -2.69. The molecule has 4 heterocycles. The minimum absolute atomic E-state index is 0.0203. The highest BCUT2D eigenvalue weighted by atomic mass is 33.1. The van der Waals surface area contributed by atoms with Crippen LogP contribution in [0, 0.1) is 0 Å². The molecule has 4 aliphatic rings. The molecule has 0 radical (unpaired) electrons. The quantitative estimate of drug-likeness (QED) is 0.00857. The fraction of sp³-hybridized carbons (Fsp3) is 0.478. The molecule has 4 saturated heterocycles. The summed E-state index contributed by atoms with van der Waals surface area (Å²) in [6, 6.07) is 7.36. The zero-order valence-corrected chi connectivity index (χ0v) is 84.8. The molecule has 4 aliphatic heterocycles. The zero-order valence-electron chi connectivity index (χ0n) is 81.6. The first-order valence-electron chi connectivity index (χ1n) is 47.5. The Balaban J connectivity index is 0.000000406. The van der Waals surface area contributed by atoms with E-state index >= 15 is 0 Å². The lowest BCUT2D eigenvalue weighted by Crippen LogP contribution is -2.61. The summed E-state index contributed by atoms with van der Waals surface area (Å²) >= 11 is 0. The normalized spacial score (nSPS) is 22.6. The Morgan fingerprint density at radius 2 is 0.680 bits per heavy atom. The van der Waals surface area contributed by atoms with Gasteiger partial charge >= 0.3 is 0 Å². The Bertz CT molecular complexity index is 5260. The van der Waals surface area contributed by atoms with Crippen LogP contribution in [0.4, 0.5) is 0 Å². The molecule has 8 rings (SSSR count). The first-order valence-corrected chi connectivity index (χ1v) is 53.1. The molecule has 816 valence electrons. The number of aromatic hydroxyl groups is 2. The maximum Gasteiger partial charge on any atom is 0.246 e. The summed E-state index contributed by atoms with van der Waals surface area (Å²) in [5, 5.41) is 54.8. The van der Waals surface area contributed by atoms with Crippen LogP contribution < -0.4 is 132 Å². The average Bonchev–Trinajstić information content (AvgIpc) is 1.67. The lowest BCUT2D eigenvalue weighted by Gasteiger charge is -2.30. The molecule has 36 N–H and O–H groups in total. The maximum absolute atomic E-state index is 14.6. The van der Waals surface area contributed by atoms with Crippen molar-refractivity contribution in [2.75, 3.05) is 62.3 Å². The first-order chi connectivity index (χ1) is 71.2. The Morgan fingerprint density at radius 1 is 0.380 bits per heavy atom. The smallest absolute Gasteiger partial charge is 0.246 e. The summed E-state index contributed by atoms with van der Waals surface area (Å²) in [6.07, 6.45) is -4.05. The van der Waals surface area contributed by atoms with Gasteiger partial charge in [0, 0.05) is 101 Å². The van der Waals surface area contributed by atoms with Gasteiger partial charge in [-0.05, 0) is 111 Å². The van der Waals surface area contributed by atoms with Crippen LogP contribution in [-0.2, 0) is 151 Å². The zero-order chi connectivity index (χ0) is 110. The van der Waals surface area contributed by atoms with E-state index < -0.39 is 310 Å². The van der Waals surface area contributed by atoms with Crippen LogP contribution in [0.25, 0.3) is 0 Å². The molecule has 4 aromatic carbocycles. The fourth-order valence-corrected chi connectivity index (χ4v) is 20.6. The molecule has 0 spiro atoms. The van der Waals surface area contributed by atoms with E-state index in [4.69, 9.17) is 57.3 Å². The molecule has 54 nitrogen and oxygen atoms in total. The maximum atomic E-state index is 14.6. The van der Waals surface area contributed by atoms with Crippen LogP contribution in [0.3, 0.4) is 0 Å². The predicted molar refractivity (Wildman–Crippen MR) is 545 cm³/mol. The number of phenolic OH excluding ortho intramolecular Hbond substituents is 2. The third-order valence-electron chi connectivity index (χ3n) is 23.2. The Kier molecular flexibility index (Phi) is 50.0. The third-order valence-corrected chi connectivity index (χ3v) is 29.2. The minimum atomic E-state index is -1.98. The number of phenols is 2. The second kappa shape index (κ2) is 61.8. The number of nitrogens with zero attached hydrogens (tertiary/aromatic N) is 4. The first kappa shape index (κ1) is 121. The van der Waals surface area contributed by atoms with Crippen molar-refractivity contribution in [1.29, 1.82) is 0 Å². The largest absolute Gasteiger partial charge is 0.508 e. The standard InChI is InChI=1S/2C46H64N14O13S2/c2*47-35(62)15-14-29-40(67)58-32(22-36(48)63)43(70)59-33(45(72)60-18-5-9-34(60)44(71)56-28(8-4-17-52-46(50)51)39(66)53-23-37(49)64)24-74-75(73)19-16-38(65)54-30(21-26-10-12-27(61)13-11-26)41(68)57-31(42(69)55-29)20-25-6-2-1-3-7-25/h2*1-3,6-7,10-13,28-34,61H,4-5,8-9,14-24H2,(H2,47,62)(H2,48,63)(H2,49,64)(H,53,66)(H,54,65)(H,55,69)(H,56,71)(H,57,68)(H,58,67)(H,59,70)(H4,50,51,52)/t2*28-,29+,30+,31+,32+,33+,34+,75?/m11/s1. The molecule has 2 unspecified atom stereocenters. The molecular weight excluding hydrogens is 2040 g/mol. The van der Waals surface area contributed by atoms with E-state index in [0.29, 0.717) is 43.8 Å². The van der Waals surface area contributed by atoms with Gasteiger partial charge in [0.1, 0.15) is 96.1 Å². The summed E-state index contributed by atoms with van der Waals surface area (Å²) in [4.78, 5) is 306. The minimum Gasteiger partial charge on any atom is -0.508 e. The van der Waals surface area contributed by atoms with Gasteiger partial charge in [0.2, 0.25) is 130 Å². The number of aliphatic imine (C=N–C) groups is 2. The highest BCUT2D eigenvalue weighted by molar-refractivity contribution is 8.69. The average molecular weight is 2170 g/mol. The molecule has 58 heteroatoms. The molecular formula is C92H128N28O26S4. The third kappa shape index (κ3) is 43.0. The molecule has 4 aromatic rings. The number of nitrogens with two attached hydrogens (primary N) is 10. The molecule has 22 amide bonds. The van der Waals surface area contributed by atoms with Gasteiger partial charge in [0.05, 0.1) is 45.6 Å². The van der Waals surface area contributed by atoms with E-state index in [1.807, 2.05) is 0 Å². The van der Waals surface area contributed by atoms with Crippen molar-refractivity contribution < 1.29 is 124 Å². The highest BCUT2D eigenvalue weighted by Gasteiger charge is 2.45. The number of nitrogens with one attached hydrogen (secondary N) is 14. The van der Waals surface area contributed by atoms with E-state index in [0.717, 1.165) is 9.80 Å². The van der Waals surface area contributed by atoms with E-state index in [-0.39, 0.29) is 138 Å². The number of primary amides is 6. The van der Waals surface area contributed by atoms with Crippen molar-refractivity contribution in [2.24, 2.45) is 67.3 Å². The summed E-state index contributed by atoms with van der Waals surface area (Å²) in [5.41, 5.74) is 56.0. The number of guanidine groups is 2. The number of hydrogen-bond donors (Lipinski definition) is 26. The van der Waals surface area contributed by atoms with Crippen molar-refractivity contribution in [3.05, 3.63) is 131 Å². The number of amides is 22. The number of rotatable bonds is 38. The molecule has 16 atom stereocenters. The van der Waals surface area contributed by atoms with Gasteiger partial charge in [-0.3, -0.25) is 115 Å². The summed E-state index contributed by atoms with van der Waals surface area (Å²) in [5.74, 6) is -22.5. The van der Waals surface area contributed by atoms with Crippen LogP contribution in [0.15, 0.2) is 119 Å². The van der Waals surface area contributed by atoms with Crippen molar-refractivity contribution in [3.63, 3.8) is 0 Å². The van der Waals surface area contributed by atoms with Crippen LogP contribution in [0.5, 0.6) is 11.5 Å². The van der Waals surface area contributed by atoms with Gasteiger partial charge in [-0.1, -0.05) is 107 Å². The van der Waals surface area contributed by atoms with Crippen LogP contribution in [0.1, 0.15) is 125 Å². The Hall–Kier alpha value is -15.6. The lowest BCUT2D eigenvalue weighted by atomic mass is 10.0. The SMILES string of the molecule is NC(=O)CC[C@@H]1NC(=O)[C@H](Cc2ccccc2)NC(=O)[C@H](Cc2ccc(O)cc2)NC(=O)CCS(=O)SC[C@@H](C(=O)N2CCC[C@H]2C(=O)N[C@H](CCCN=C(N)N)C(=O)NCC(N)=O)NC(=O)[C@H](CC(N)=O)NC1=O.NC(=O)CC[C@@H]1NC(=O)[C@H](Cc2ccccc2)NC(=O)[C@H](Cc2ccc(O)cc2)NC(=O)CCS(=O)SC[C@@H](C(=O)N2CCC[C@H]2C(=O)N[C@H](CCCN=C(N)N)C(=O)NCC(N)=O)NC(=O)[C@H](CC(N)=O)NC1=O.